The Bertz CT molecular complexity index is 1530. The monoisotopic (exact) mass is 548 g/mol. The average Bonchev–Trinajstić information content (AvgIpc) is 3.46. The van der Waals surface area contributed by atoms with E-state index in [1.54, 1.807) is 23.4 Å². The van der Waals surface area contributed by atoms with E-state index in [9.17, 15) is 13.2 Å². The van der Waals surface area contributed by atoms with Crippen molar-refractivity contribution in [1.29, 1.82) is 0 Å². The third-order valence-corrected chi connectivity index (χ3v) is 9.04. The van der Waals surface area contributed by atoms with Crippen molar-refractivity contribution in [3.63, 3.8) is 0 Å². The predicted octanol–water partition coefficient (Wildman–Crippen LogP) is 2.71. The van der Waals surface area contributed by atoms with Crippen LogP contribution in [0.5, 0.6) is 0 Å². The lowest BCUT2D eigenvalue weighted by Crippen LogP contribution is -2.45. The molecule has 4 heterocycles. The molecular formula is C28H32N6O4S. The number of carbonyl (C=O) groups excluding carboxylic acids is 1. The zero-order valence-corrected chi connectivity index (χ0v) is 23.3. The Morgan fingerprint density at radius 2 is 1.95 bits per heavy atom. The van der Waals surface area contributed by atoms with E-state index in [-0.39, 0.29) is 28.9 Å². The molecule has 2 unspecified atom stereocenters. The van der Waals surface area contributed by atoms with Gasteiger partial charge in [0.05, 0.1) is 60.4 Å². The van der Waals surface area contributed by atoms with Gasteiger partial charge >= 0.3 is 0 Å². The summed E-state index contributed by atoms with van der Waals surface area (Å²) < 4.78 is 30.0. The van der Waals surface area contributed by atoms with E-state index in [0.717, 1.165) is 23.3 Å². The highest BCUT2D eigenvalue weighted by atomic mass is 32.2. The number of aromatic nitrogens is 2. The molecule has 0 radical (unpaired) electrons. The van der Waals surface area contributed by atoms with Crippen LogP contribution < -0.4 is 9.80 Å². The van der Waals surface area contributed by atoms with E-state index < -0.39 is 15.4 Å². The first-order chi connectivity index (χ1) is 18.6. The van der Waals surface area contributed by atoms with Gasteiger partial charge in [0.15, 0.2) is 9.84 Å². The number of benzene rings is 1. The van der Waals surface area contributed by atoms with Crippen molar-refractivity contribution < 1.29 is 17.9 Å². The van der Waals surface area contributed by atoms with E-state index in [2.05, 4.69) is 29.0 Å². The zero-order valence-electron chi connectivity index (χ0n) is 22.5. The number of allylic oxidation sites excluding steroid dienone is 2. The molecule has 1 amide bonds. The van der Waals surface area contributed by atoms with Crippen LogP contribution in [-0.4, -0.2) is 79.7 Å². The van der Waals surface area contributed by atoms with Gasteiger partial charge in [-0.25, -0.2) is 13.4 Å². The molecule has 1 fully saturated rings. The molecule has 0 saturated carbocycles. The summed E-state index contributed by atoms with van der Waals surface area (Å²) in [5.74, 6) is 1.08. The van der Waals surface area contributed by atoms with Gasteiger partial charge in [0, 0.05) is 23.9 Å². The second-order valence-electron chi connectivity index (χ2n) is 11.0. The van der Waals surface area contributed by atoms with Crippen LogP contribution in [0, 0.1) is 0 Å². The second kappa shape index (κ2) is 9.27. The summed E-state index contributed by atoms with van der Waals surface area (Å²) in [6.07, 6.45) is 11.1. The van der Waals surface area contributed by atoms with Crippen molar-refractivity contribution in [3.8, 4) is 0 Å². The van der Waals surface area contributed by atoms with Gasteiger partial charge in [-0.05, 0) is 39.0 Å². The lowest BCUT2D eigenvalue weighted by Gasteiger charge is -2.36. The summed E-state index contributed by atoms with van der Waals surface area (Å²) >= 11 is 0. The van der Waals surface area contributed by atoms with Gasteiger partial charge in [0.1, 0.15) is 5.82 Å². The van der Waals surface area contributed by atoms with Gasteiger partial charge in [-0.2, -0.15) is 4.98 Å². The Kier molecular flexibility index (Phi) is 6.11. The van der Waals surface area contributed by atoms with Crippen LogP contribution in [0.1, 0.15) is 42.4 Å². The van der Waals surface area contributed by atoms with E-state index >= 15 is 0 Å². The molecule has 1 saturated heterocycles. The summed E-state index contributed by atoms with van der Waals surface area (Å²) in [6, 6.07) is 6.31. The number of hydrogen-bond acceptors (Lipinski definition) is 9. The van der Waals surface area contributed by atoms with E-state index in [1.807, 2.05) is 30.9 Å². The molecule has 0 N–H and O–H groups in total. The standard InChI is InChI=1S/C28H32N6O4S/c1-18-16-38-13-12-32(18)25-21-15-34(26(35)19-8-7-9-20(14-19)39(4,36)37)28(2,3)24(21)30-27(31-25)33-17-29-22-10-5-6-11-23(22)33/h5-11,14,17-18,22-23H,12-13,15-16H2,1-4H3/t18-,22?,23?/m1/s1. The highest BCUT2D eigenvalue weighted by Crippen LogP contribution is 2.44. The van der Waals surface area contributed by atoms with Crippen molar-refractivity contribution in [2.45, 2.75) is 55.9 Å². The first-order valence-electron chi connectivity index (χ1n) is 13.1. The fraction of sp³-hybridized carbons (Fsp3) is 0.429. The number of hydrogen-bond donors (Lipinski definition) is 0. The number of carbonyl (C=O) groups is 1. The van der Waals surface area contributed by atoms with E-state index in [4.69, 9.17) is 14.7 Å². The molecule has 10 nitrogen and oxygen atoms in total. The normalized spacial score (nSPS) is 25.2. The molecular weight excluding hydrogens is 516 g/mol. The van der Waals surface area contributed by atoms with Gasteiger partial charge < -0.3 is 14.5 Å². The van der Waals surface area contributed by atoms with Crippen LogP contribution in [0.2, 0.25) is 0 Å². The number of anilines is 2. The highest BCUT2D eigenvalue weighted by molar-refractivity contribution is 7.90. The highest BCUT2D eigenvalue weighted by Gasteiger charge is 2.46. The maximum absolute atomic E-state index is 13.9. The van der Waals surface area contributed by atoms with Gasteiger partial charge in [-0.1, -0.05) is 30.4 Å². The van der Waals surface area contributed by atoms with Crippen LogP contribution in [0.15, 0.2) is 58.5 Å². The van der Waals surface area contributed by atoms with Crippen LogP contribution in [0.3, 0.4) is 0 Å². The number of fused-ring (bicyclic) bond motifs is 2. The molecule has 1 aromatic heterocycles. The third-order valence-electron chi connectivity index (χ3n) is 7.93. The summed E-state index contributed by atoms with van der Waals surface area (Å²) in [5, 5.41) is 0. The van der Waals surface area contributed by atoms with Gasteiger partial charge in [-0.15, -0.1) is 0 Å². The van der Waals surface area contributed by atoms with Gasteiger partial charge in [-0.3, -0.25) is 14.7 Å². The van der Waals surface area contributed by atoms with E-state index in [0.29, 0.717) is 37.8 Å². The quantitative estimate of drug-likeness (QED) is 0.574. The molecule has 204 valence electrons. The smallest absolute Gasteiger partial charge is 0.254 e. The van der Waals surface area contributed by atoms with Crippen LogP contribution in [0.25, 0.3) is 0 Å². The number of ether oxygens (including phenoxy) is 1. The Morgan fingerprint density at radius 3 is 2.72 bits per heavy atom. The molecule has 6 rings (SSSR count). The van der Waals surface area contributed by atoms with E-state index in [1.165, 1.54) is 12.1 Å². The zero-order chi connectivity index (χ0) is 27.5. The SMILES string of the molecule is C[C@@H]1COCCN1c1nc(N2C=NC3C=CC=CC32)nc2c1CN(C(=O)c1cccc(S(C)(=O)=O)c1)C2(C)C. The number of amides is 1. The summed E-state index contributed by atoms with van der Waals surface area (Å²) in [7, 11) is -3.46. The Hall–Kier alpha value is -3.57. The van der Waals surface area contributed by atoms with Crippen molar-refractivity contribution in [2.75, 3.05) is 35.8 Å². The Morgan fingerprint density at radius 1 is 1.15 bits per heavy atom. The minimum absolute atomic E-state index is 0.00539. The molecule has 11 heteroatoms. The molecule has 1 aliphatic carbocycles. The van der Waals surface area contributed by atoms with Gasteiger partial charge in [0.25, 0.3) is 5.91 Å². The topological polar surface area (TPSA) is 108 Å². The first-order valence-corrected chi connectivity index (χ1v) is 15.0. The summed E-state index contributed by atoms with van der Waals surface area (Å²) in [6.45, 7) is 8.22. The predicted molar refractivity (Wildman–Crippen MR) is 149 cm³/mol. The Balaban J connectivity index is 1.44. The van der Waals surface area contributed by atoms with Crippen molar-refractivity contribution >= 4 is 33.8 Å². The fourth-order valence-corrected chi connectivity index (χ4v) is 6.39. The molecule has 1 aromatic carbocycles. The number of nitrogens with zero attached hydrogens (tertiary/aromatic N) is 6. The summed E-state index contributed by atoms with van der Waals surface area (Å²) in [4.78, 5) is 34.8. The minimum Gasteiger partial charge on any atom is -0.377 e. The molecule has 3 atom stereocenters. The first kappa shape index (κ1) is 25.7. The lowest BCUT2D eigenvalue weighted by atomic mass is 9.98. The lowest BCUT2D eigenvalue weighted by molar-refractivity contribution is 0.0570. The number of morpholine rings is 1. The van der Waals surface area contributed by atoms with Crippen molar-refractivity contribution in [3.05, 3.63) is 65.4 Å². The molecule has 3 aliphatic heterocycles. The number of rotatable bonds is 4. The minimum atomic E-state index is -3.46. The van der Waals surface area contributed by atoms with Crippen molar-refractivity contribution in [1.82, 2.24) is 14.9 Å². The number of aliphatic imine (C=N–C) groups is 1. The molecule has 0 spiro atoms. The summed E-state index contributed by atoms with van der Waals surface area (Å²) in [5.41, 5.74) is 1.23. The van der Waals surface area contributed by atoms with Gasteiger partial charge in [0.2, 0.25) is 5.95 Å². The third kappa shape index (κ3) is 4.33. The molecule has 39 heavy (non-hydrogen) atoms. The Labute approximate surface area is 228 Å². The van der Waals surface area contributed by atoms with Crippen LogP contribution >= 0.6 is 0 Å². The average molecular weight is 549 g/mol. The number of sulfone groups is 1. The largest absolute Gasteiger partial charge is 0.377 e. The molecule has 0 bridgehead atoms. The molecule has 2 aromatic rings. The van der Waals surface area contributed by atoms with Crippen LogP contribution in [-0.2, 0) is 26.7 Å². The maximum Gasteiger partial charge on any atom is 0.254 e. The second-order valence-corrected chi connectivity index (χ2v) is 13.0. The maximum atomic E-state index is 13.9. The fourth-order valence-electron chi connectivity index (χ4n) is 5.72. The van der Waals surface area contributed by atoms with Crippen LogP contribution in [0.4, 0.5) is 11.8 Å². The van der Waals surface area contributed by atoms with Crippen molar-refractivity contribution in [2.24, 2.45) is 4.99 Å². The molecule has 4 aliphatic rings.